The summed E-state index contributed by atoms with van der Waals surface area (Å²) in [7, 11) is 0. The van der Waals surface area contributed by atoms with E-state index in [0.29, 0.717) is 6.29 Å². The Labute approximate surface area is 48.2 Å². The number of carbonyl (C=O) groups excluding carboxylic acids is 1. The van der Waals surface area contributed by atoms with Crippen molar-refractivity contribution in [3.63, 3.8) is 0 Å². The first-order valence-electron chi connectivity index (χ1n) is 2.10. The van der Waals surface area contributed by atoms with E-state index in [9.17, 15) is 4.79 Å². The number of rotatable bonds is 3. The van der Waals surface area contributed by atoms with Crippen LogP contribution in [0.15, 0.2) is 29.9 Å². The molecular weight excluding hydrogens is 102 g/mol. The molecule has 2 nitrogen and oxygen atoms in total. The Morgan fingerprint density at radius 3 is 2.62 bits per heavy atom. The molecular formula is C6H7NO. The Balaban J connectivity index is 3.69. The molecule has 0 N–H and O–H groups in total. The molecule has 0 aliphatic carbocycles. The largest absolute Gasteiger partial charge is 0.296 e. The van der Waals surface area contributed by atoms with Gasteiger partial charge in [-0.1, -0.05) is 19.2 Å². The highest BCUT2D eigenvalue weighted by molar-refractivity contribution is 5.79. The van der Waals surface area contributed by atoms with E-state index < -0.39 is 0 Å². The van der Waals surface area contributed by atoms with Crippen LogP contribution in [-0.4, -0.2) is 12.5 Å². The molecule has 0 rings (SSSR count). The van der Waals surface area contributed by atoms with E-state index in [1.54, 1.807) is 0 Å². The first kappa shape index (κ1) is 6.82. The zero-order valence-corrected chi connectivity index (χ0v) is 4.50. The van der Waals surface area contributed by atoms with E-state index in [-0.39, 0.29) is 5.70 Å². The zero-order valence-electron chi connectivity index (χ0n) is 4.50. The molecule has 0 aromatic rings. The maximum Gasteiger partial charge on any atom is 0.167 e. The topological polar surface area (TPSA) is 29.4 Å². The molecule has 0 saturated heterocycles. The molecule has 0 amide bonds. The molecule has 0 unspecified atom stereocenters. The van der Waals surface area contributed by atoms with Gasteiger partial charge in [0.25, 0.3) is 0 Å². The van der Waals surface area contributed by atoms with Crippen LogP contribution in [0.5, 0.6) is 0 Å². The molecule has 0 fully saturated rings. The maximum atomic E-state index is 9.76. The van der Waals surface area contributed by atoms with Crippen LogP contribution in [0.1, 0.15) is 0 Å². The third-order valence-corrected chi connectivity index (χ3v) is 0.482. The number of nitrogens with zero attached hydrogens (tertiary/aromatic N) is 1. The summed E-state index contributed by atoms with van der Waals surface area (Å²) in [6, 6.07) is 0. The lowest BCUT2D eigenvalue weighted by Crippen LogP contribution is -1.74. The van der Waals surface area contributed by atoms with Crippen molar-refractivity contribution in [3.05, 3.63) is 24.9 Å². The zero-order chi connectivity index (χ0) is 6.41. The fourth-order valence-electron chi connectivity index (χ4n) is 0.179. The van der Waals surface area contributed by atoms with Crippen molar-refractivity contribution in [1.82, 2.24) is 0 Å². The van der Waals surface area contributed by atoms with E-state index in [0.717, 1.165) is 0 Å². The van der Waals surface area contributed by atoms with Crippen molar-refractivity contribution >= 4 is 12.5 Å². The summed E-state index contributed by atoms with van der Waals surface area (Å²) >= 11 is 0. The van der Waals surface area contributed by atoms with Crippen LogP contribution < -0.4 is 0 Å². The first-order chi connectivity index (χ1) is 3.81. The summed E-state index contributed by atoms with van der Waals surface area (Å²) in [5, 5.41) is 0. The monoisotopic (exact) mass is 109 g/mol. The number of carbonyl (C=O) groups is 1. The van der Waals surface area contributed by atoms with Crippen molar-refractivity contribution in [2.24, 2.45) is 4.99 Å². The fraction of sp³-hybridized carbons (Fsp3) is 0. The second-order valence-corrected chi connectivity index (χ2v) is 1.12. The molecule has 0 heterocycles. The van der Waals surface area contributed by atoms with Gasteiger partial charge in [-0.25, -0.2) is 0 Å². The van der Waals surface area contributed by atoms with E-state index >= 15 is 0 Å². The van der Waals surface area contributed by atoms with Gasteiger partial charge in [-0.2, -0.15) is 0 Å². The van der Waals surface area contributed by atoms with Gasteiger partial charge in [-0.05, 0) is 0 Å². The van der Waals surface area contributed by atoms with Gasteiger partial charge in [0.2, 0.25) is 0 Å². The van der Waals surface area contributed by atoms with Gasteiger partial charge >= 0.3 is 0 Å². The molecule has 0 aromatic carbocycles. The Kier molecular flexibility index (Phi) is 3.40. The summed E-state index contributed by atoms with van der Waals surface area (Å²) in [6.07, 6.45) is 3.48. The third-order valence-electron chi connectivity index (χ3n) is 0.482. The van der Waals surface area contributed by atoms with E-state index in [4.69, 9.17) is 0 Å². The predicted molar refractivity (Wildman–Crippen MR) is 33.9 cm³/mol. The van der Waals surface area contributed by atoms with Crippen LogP contribution in [0.4, 0.5) is 0 Å². The minimum Gasteiger partial charge on any atom is -0.296 e. The molecule has 0 saturated carbocycles. The minimum absolute atomic E-state index is 0.213. The highest BCUT2D eigenvalue weighted by atomic mass is 16.1. The molecule has 42 valence electrons. The summed E-state index contributed by atoms with van der Waals surface area (Å²) in [6.45, 7) is 6.66. The van der Waals surface area contributed by atoms with Crippen LogP contribution >= 0.6 is 0 Å². The first-order valence-corrected chi connectivity index (χ1v) is 2.10. The number of aliphatic imine (C=N–C) groups is 1. The van der Waals surface area contributed by atoms with Gasteiger partial charge in [0.1, 0.15) is 0 Å². The Bertz CT molecular complexity index is 135. The van der Waals surface area contributed by atoms with Crippen LogP contribution in [0.25, 0.3) is 0 Å². The lowest BCUT2D eigenvalue weighted by molar-refractivity contribution is -0.104. The van der Waals surface area contributed by atoms with Gasteiger partial charge < -0.3 is 0 Å². The minimum atomic E-state index is 0.213. The lowest BCUT2D eigenvalue weighted by Gasteiger charge is -1.77. The second kappa shape index (κ2) is 3.99. The summed E-state index contributed by atoms with van der Waals surface area (Å²) in [5.74, 6) is 0. The van der Waals surface area contributed by atoms with E-state index in [2.05, 4.69) is 18.2 Å². The van der Waals surface area contributed by atoms with E-state index in [1.165, 1.54) is 12.3 Å². The average Bonchev–Trinajstić information content (AvgIpc) is 1.83. The Hall–Kier alpha value is -1.18. The number of aldehydes is 1. The smallest absolute Gasteiger partial charge is 0.167 e. The molecule has 0 aliphatic rings. The molecule has 2 heteroatoms. The van der Waals surface area contributed by atoms with Crippen molar-refractivity contribution in [3.8, 4) is 0 Å². The van der Waals surface area contributed by atoms with E-state index in [1.807, 2.05) is 0 Å². The van der Waals surface area contributed by atoms with Gasteiger partial charge in [0.15, 0.2) is 6.29 Å². The molecule has 8 heavy (non-hydrogen) atoms. The third kappa shape index (κ3) is 3.03. The standard InChI is InChI=1S/C6H7NO/c1-3-4-7-6(2)5-8/h3-5H,1-2H2. The maximum absolute atomic E-state index is 9.76. The van der Waals surface area contributed by atoms with Gasteiger partial charge in [-0.15, -0.1) is 0 Å². The predicted octanol–water partition coefficient (Wildman–Crippen LogP) is 0.956. The summed E-state index contributed by atoms with van der Waals surface area (Å²) < 4.78 is 0. The van der Waals surface area contributed by atoms with Crippen molar-refractivity contribution in [1.29, 1.82) is 0 Å². The molecule has 0 spiro atoms. The lowest BCUT2D eigenvalue weighted by atomic mass is 10.6. The summed E-state index contributed by atoms with van der Waals surface area (Å²) in [5.41, 5.74) is 0.213. The highest BCUT2D eigenvalue weighted by Gasteiger charge is 1.76. The van der Waals surface area contributed by atoms with Crippen LogP contribution in [0.2, 0.25) is 0 Å². The second-order valence-electron chi connectivity index (χ2n) is 1.12. The van der Waals surface area contributed by atoms with Gasteiger partial charge in [0, 0.05) is 6.21 Å². The van der Waals surface area contributed by atoms with Gasteiger partial charge in [0.05, 0.1) is 5.70 Å². The average molecular weight is 109 g/mol. The highest BCUT2D eigenvalue weighted by Crippen LogP contribution is 1.81. The summed E-state index contributed by atoms with van der Waals surface area (Å²) in [4.78, 5) is 13.3. The SMILES string of the molecule is C=CC=NC(=C)C=O. The van der Waals surface area contributed by atoms with Crippen LogP contribution in [-0.2, 0) is 4.79 Å². The molecule has 0 bridgehead atoms. The fourth-order valence-corrected chi connectivity index (χ4v) is 0.179. The van der Waals surface area contributed by atoms with Crippen LogP contribution in [0.3, 0.4) is 0 Å². The molecule has 0 aliphatic heterocycles. The number of hydrogen-bond donors (Lipinski definition) is 0. The van der Waals surface area contributed by atoms with Crippen molar-refractivity contribution in [2.75, 3.05) is 0 Å². The molecule has 0 radical (unpaired) electrons. The van der Waals surface area contributed by atoms with Crippen LogP contribution in [0, 0.1) is 0 Å². The van der Waals surface area contributed by atoms with Gasteiger partial charge in [-0.3, -0.25) is 9.79 Å². The Morgan fingerprint density at radius 1 is 1.62 bits per heavy atom. The Morgan fingerprint density at radius 2 is 2.25 bits per heavy atom. The number of hydrogen-bond acceptors (Lipinski definition) is 2. The normalized spacial score (nSPS) is 9.00. The van der Waals surface area contributed by atoms with Crippen molar-refractivity contribution < 1.29 is 4.79 Å². The number of allylic oxidation sites excluding steroid dienone is 2. The molecule has 0 aromatic heterocycles. The quantitative estimate of drug-likeness (QED) is 0.301. The molecule has 0 atom stereocenters. The van der Waals surface area contributed by atoms with Crippen molar-refractivity contribution in [2.45, 2.75) is 0 Å².